The summed E-state index contributed by atoms with van der Waals surface area (Å²) in [5, 5.41) is 12.0. The van der Waals surface area contributed by atoms with Crippen LogP contribution in [0.15, 0.2) is 77.1 Å². The minimum absolute atomic E-state index is 0.00651. The molecule has 11 heteroatoms. The summed E-state index contributed by atoms with van der Waals surface area (Å²) in [5.41, 5.74) is 4.58. The molecule has 1 fully saturated rings. The number of rotatable bonds is 8. The van der Waals surface area contributed by atoms with Gasteiger partial charge in [-0.3, -0.25) is 4.79 Å². The Labute approximate surface area is 249 Å². The van der Waals surface area contributed by atoms with Crippen LogP contribution in [0.25, 0.3) is 10.2 Å². The Morgan fingerprint density at radius 1 is 1.00 bits per heavy atom. The average Bonchev–Trinajstić information content (AvgIpc) is 3.37. The first kappa shape index (κ1) is 28.6. The van der Waals surface area contributed by atoms with Crippen molar-refractivity contribution in [3.05, 3.63) is 95.1 Å². The van der Waals surface area contributed by atoms with E-state index < -0.39 is 16.0 Å². The third-order valence-electron chi connectivity index (χ3n) is 6.24. The van der Waals surface area contributed by atoms with Gasteiger partial charge in [-0.15, -0.1) is 11.3 Å². The third-order valence-corrected chi connectivity index (χ3v) is 9.07. The SMILES string of the molecule is O=C(NCc1ccc(C2OC(CSc3nc4ccccc4s3)CC(c3ccc(CO)cc3)O2)cc1)C(Cl)(Cl)Cl. The molecule has 1 aliphatic heterocycles. The minimum atomic E-state index is -2.01. The molecule has 1 aliphatic rings. The summed E-state index contributed by atoms with van der Waals surface area (Å²) in [4.78, 5) is 16.6. The van der Waals surface area contributed by atoms with Crippen LogP contribution in [0.4, 0.5) is 0 Å². The first-order valence-corrected chi connectivity index (χ1v) is 15.1. The Balaban J connectivity index is 1.30. The Hall–Kier alpha value is -1.88. The predicted octanol–water partition coefficient (Wildman–Crippen LogP) is 7.11. The second kappa shape index (κ2) is 12.7. The molecule has 0 spiro atoms. The third kappa shape index (κ3) is 7.45. The summed E-state index contributed by atoms with van der Waals surface area (Å²) in [6.45, 7) is 0.216. The topological polar surface area (TPSA) is 80.7 Å². The summed E-state index contributed by atoms with van der Waals surface area (Å²) in [6, 6.07) is 23.5. The van der Waals surface area contributed by atoms with Crippen molar-refractivity contribution in [1.29, 1.82) is 0 Å². The van der Waals surface area contributed by atoms with Crippen LogP contribution in [0.2, 0.25) is 0 Å². The van der Waals surface area contributed by atoms with Crippen LogP contribution >= 0.6 is 57.9 Å². The molecule has 0 bridgehead atoms. The van der Waals surface area contributed by atoms with Crippen LogP contribution in [0, 0.1) is 0 Å². The maximum atomic E-state index is 11.8. The number of nitrogens with zero attached hydrogens (tertiary/aromatic N) is 1. The van der Waals surface area contributed by atoms with Gasteiger partial charge in [-0.1, -0.05) is 107 Å². The number of ether oxygens (including phenoxy) is 2. The summed E-state index contributed by atoms with van der Waals surface area (Å²) < 4.78 is 13.0. The number of para-hydroxylation sites is 1. The summed E-state index contributed by atoms with van der Waals surface area (Å²) >= 11 is 20.2. The number of carbonyl (C=O) groups is 1. The summed E-state index contributed by atoms with van der Waals surface area (Å²) in [6.07, 6.45) is -0.145. The zero-order chi connectivity index (χ0) is 27.4. The fraction of sp³-hybridized carbons (Fsp3) is 0.286. The molecule has 0 radical (unpaired) electrons. The lowest BCUT2D eigenvalue weighted by Crippen LogP contribution is -2.34. The smallest absolute Gasteiger partial charge is 0.272 e. The number of fused-ring (bicyclic) bond motifs is 1. The molecule has 1 aromatic heterocycles. The number of nitrogens with one attached hydrogen (secondary N) is 1. The molecule has 3 unspecified atom stereocenters. The van der Waals surface area contributed by atoms with E-state index in [-0.39, 0.29) is 25.4 Å². The number of aliphatic hydroxyl groups is 1. The van der Waals surface area contributed by atoms with E-state index in [2.05, 4.69) is 11.4 Å². The summed E-state index contributed by atoms with van der Waals surface area (Å²) in [7, 11) is 0. The number of halogens is 3. The van der Waals surface area contributed by atoms with Crippen LogP contribution in [0.1, 0.15) is 41.1 Å². The largest absolute Gasteiger partial charge is 0.392 e. The molecule has 204 valence electrons. The molecule has 39 heavy (non-hydrogen) atoms. The van der Waals surface area contributed by atoms with Crippen molar-refractivity contribution in [3.63, 3.8) is 0 Å². The zero-order valence-electron chi connectivity index (χ0n) is 20.6. The quantitative estimate of drug-likeness (QED) is 0.161. The van der Waals surface area contributed by atoms with E-state index in [0.29, 0.717) is 6.42 Å². The lowest BCUT2D eigenvalue weighted by molar-refractivity contribution is -0.245. The van der Waals surface area contributed by atoms with Gasteiger partial charge in [0.05, 0.1) is 29.0 Å². The van der Waals surface area contributed by atoms with Gasteiger partial charge in [0, 0.05) is 24.3 Å². The minimum Gasteiger partial charge on any atom is -0.392 e. The van der Waals surface area contributed by atoms with E-state index in [0.717, 1.165) is 42.6 Å². The van der Waals surface area contributed by atoms with Crippen molar-refractivity contribution >= 4 is 74.0 Å². The Morgan fingerprint density at radius 2 is 1.69 bits per heavy atom. The first-order valence-electron chi connectivity index (χ1n) is 12.2. The summed E-state index contributed by atoms with van der Waals surface area (Å²) in [5.74, 6) is 0.0468. The number of aliphatic hydroxyl groups excluding tert-OH is 1. The van der Waals surface area contributed by atoms with Gasteiger partial charge in [0.25, 0.3) is 9.70 Å². The number of amides is 1. The van der Waals surface area contributed by atoms with Gasteiger partial charge in [0.15, 0.2) is 10.6 Å². The second-order valence-corrected chi connectivity index (χ2v) is 13.6. The maximum absolute atomic E-state index is 11.8. The molecule has 4 aromatic rings. The van der Waals surface area contributed by atoms with Crippen molar-refractivity contribution in [2.45, 2.75) is 46.2 Å². The van der Waals surface area contributed by atoms with Gasteiger partial charge in [0.1, 0.15) is 0 Å². The highest BCUT2D eigenvalue weighted by Crippen LogP contribution is 2.40. The lowest BCUT2D eigenvalue weighted by Gasteiger charge is -2.36. The molecule has 1 amide bonds. The fourth-order valence-corrected chi connectivity index (χ4v) is 6.49. The van der Waals surface area contributed by atoms with Crippen LogP contribution in [0.3, 0.4) is 0 Å². The van der Waals surface area contributed by atoms with E-state index >= 15 is 0 Å². The molecule has 0 aliphatic carbocycles. The molecule has 2 N–H and O–H groups in total. The average molecular weight is 624 g/mol. The molecule has 5 rings (SSSR count). The highest BCUT2D eigenvalue weighted by Gasteiger charge is 2.33. The molecular weight excluding hydrogens is 599 g/mol. The number of hydrogen-bond donors (Lipinski definition) is 2. The molecule has 6 nitrogen and oxygen atoms in total. The van der Waals surface area contributed by atoms with E-state index in [4.69, 9.17) is 49.3 Å². The normalized spacial score (nSPS) is 19.7. The highest BCUT2D eigenvalue weighted by molar-refractivity contribution is 8.01. The number of hydrogen-bond acceptors (Lipinski definition) is 7. The Morgan fingerprint density at radius 3 is 2.38 bits per heavy atom. The Bertz CT molecular complexity index is 1380. The van der Waals surface area contributed by atoms with E-state index in [1.54, 1.807) is 23.1 Å². The molecule has 1 saturated heterocycles. The number of thiazole rings is 1. The number of alkyl halides is 3. The van der Waals surface area contributed by atoms with Crippen LogP contribution in [-0.2, 0) is 27.4 Å². The molecule has 3 aromatic carbocycles. The molecular formula is C28H25Cl3N2O4S2. The van der Waals surface area contributed by atoms with Crippen molar-refractivity contribution in [2.75, 3.05) is 5.75 Å². The van der Waals surface area contributed by atoms with Gasteiger partial charge < -0.3 is 19.9 Å². The van der Waals surface area contributed by atoms with Crippen molar-refractivity contribution in [2.24, 2.45) is 0 Å². The number of benzene rings is 3. The van der Waals surface area contributed by atoms with Crippen molar-refractivity contribution in [3.8, 4) is 0 Å². The van der Waals surface area contributed by atoms with Gasteiger partial charge in [-0.05, 0) is 28.8 Å². The molecule has 2 heterocycles. The van der Waals surface area contributed by atoms with Crippen LogP contribution in [0.5, 0.6) is 0 Å². The van der Waals surface area contributed by atoms with Crippen LogP contribution in [-0.4, -0.2) is 31.6 Å². The maximum Gasteiger partial charge on any atom is 0.272 e. The van der Waals surface area contributed by atoms with E-state index in [9.17, 15) is 9.90 Å². The standard InChI is InChI=1S/C28H25Cl3N2O4S2/c29-28(30,31)26(35)32-14-17-5-11-20(12-6-17)25-36-21(13-23(37-25)19-9-7-18(15-34)8-10-19)16-38-27-33-22-3-1-2-4-24(22)39-27/h1-12,21,23,25,34H,13-16H2,(H,32,35). The van der Waals surface area contributed by atoms with Crippen molar-refractivity contribution in [1.82, 2.24) is 10.3 Å². The number of aromatic nitrogens is 1. The molecule has 3 atom stereocenters. The number of carbonyl (C=O) groups excluding carboxylic acids is 1. The van der Waals surface area contributed by atoms with Gasteiger partial charge in [0.2, 0.25) is 0 Å². The fourth-order valence-electron chi connectivity index (χ4n) is 4.17. The van der Waals surface area contributed by atoms with Gasteiger partial charge >= 0.3 is 0 Å². The monoisotopic (exact) mass is 622 g/mol. The second-order valence-electron chi connectivity index (χ2n) is 9.03. The van der Waals surface area contributed by atoms with Gasteiger partial charge in [-0.25, -0.2) is 4.98 Å². The Kier molecular flexibility index (Phi) is 9.36. The lowest BCUT2D eigenvalue weighted by atomic mass is 10.0. The van der Waals surface area contributed by atoms with E-state index in [1.165, 1.54) is 0 Å². The molecule has 0 saturated carbocycles. The van der Waals surface area contributed by atoms with E-state index in [1.807, 2.05) is 66.7 Å². The first-order chi connectivity index (χ1) is 18.8. The number of thioether (sulfide) groups is 1. The zero-order valence-corrected chi connectivity index (χ0v) is 24.5. The van der Waals surface area contributed by atoms with Crippen LogP contribution < -0.4 is 5.32 Å². The highest BCUT2D eigenvalue weighted by atomic mass is 35.6. The van der Waals surface area contributed by atoms with Gasteiger partial charge in [-0.2, -0.15) is 0 Å². The predicted molar refractivity (Wildman–Crippen MR) is 157 cm³/mol. The van der Waals surface area contributed by atoms with Crippen molar-refractivity contribution < 1.29 is 19.4 Å².